The van der Waals surface area contributed by atoms with Crippen LogP contribution in [0.25, 0.3) is 0 Å². The predicted molar refractivity (Wildman–Crippen MR) is 64.4 cm³/mol. The number of ether oxygens (including phenoxy) is 1. The first-order chi connectivity index (χ1) is 7.04. The average Bonchev–Trinajstić information content (AvgIpc) is 2.22. The van der Waals surface area contributed by atoms with E-state index in [1.54, 1.807) is 14.2 Å². The van der Waals surface area contributed by atoms with Crippen LogP contribution in [0.15, 0.2) is 0 Å². The molecule has 0 fully saturated rings. The Morgan fingerprint density at radius 3 is 2.13 bits per heavy atom. The molecule has 0 aliphatic heterocycles. The number of nitrogens with zero attached hydrogens (tertiary/aromatic N) is 1. The Bertz CT molecular complexity index is 152. The molecule has 4 nitrogen and oxygen atoms in total. The Morgan fingerprint density at radius 2 is 1.67 bits per heavy atom. The minimum Gasteiger partial charge on any atom is -0.398 e. The highest BCUT2D eigenvalue weighted by Crippen LogP contribution is 2.10. The minimum atomic E-state index is -1.91. The van der Waals surface area contributed by atoms with E-state index in [9.17, 15) is 0 Å². The second-order valence-corrected chi connectivity index (χ2v) is 7.65. The van der Waals surface area contributed by atoms with Gasteiger partial charge in [0, 0.05) is 33.5 Å². The Kier molecular flexibility index (Phi) is 8.27. The Hall–Kier alpha value is 0.0569. The molecule has 5 heteroatoms. The molecular formula is C10H25NO3Si. The van der Waals surface area contributed by atoms with Gasteiger partial charge in [-0.15, -0.1) is 0 Å². The van der Waals surface area contributed by atoms with Crippen molar-refractivity contribution in [3.63, 3.8) is 0 Å². The third-order valence-electron chi connectivity index (χ3n) is 2.46. The van der Waals surface area contributed by atoms with Crippen molar-refractivity contribution in [2.24, 2.45) is 0 Å². The van der Waals surface area contributed by atoms with Crippen molar-refractivity contribution in [3.05, 3.63) is 0 Å². The second-order valence-electron chi connectivity index (χ2n) is 4.06. The lowest BCUT2D eigenvalue weighted by Gasteiger charge is -2.22. The van der Waals surface area contributed by atoms with Crippen LogP contribution in [0.2, 0.25) is 12.6 Å². The van der Waals surface area contributed by atoms with Crippen LogP contribution in [0.5, 0.6) is 0 Å². The van der Waals surface area contributed by atoms with E-state index in [2.05, 4.69) is 25.5 Å². The maximum absolute atomic E-state index is 5.53. The molecule has 0 amide bonds. The van der Waals surface area contributed by atoms with E-state index < -0.39 is 8.56 Å². The molecule has 0 aliphatic carbocycles. The summed E-state index contributed by atoms with van der Waals surface area (Å²) in [6, 6.07) is 0.891. The van der Waals surface area contributed by atoms with Crippen molar-refractivity contribution >= 4 is 8.56 Å². The molecule has 0 saturated carbocycles. The van der Waals surface area contributed by atoms with E-state index in [1.807, 2.05) is 0 Å². The summed E-state index contributed by atoms with van der Waals surface area (Å²) in [5, 5.41) is 0. The highest BCUT2D eigenvalue weighted by Gasteiger charge is 2.27. The molecule has 0 N–H and O–H groups in total. The fraction of sp³-hybridized carbons (Fsp3) is 1.00. The molecule has 0 aromatic carbocycles. The van der Waals surface area contributed by atoms with E-state index in [4.69, 9.17) is 13.6 Å². The molecule has 0 radical (unpaired) electrons. The van der Waals surface area contributed by atoms with Crippen LogP contribution >= 0.6 is 0 Å². The van der Waals surface area contributed by atoms with Crippen molar-refractivity contribution < 1.29 is 13.6 Å². The third kappa shape index (κ3) is 7.93. The summed E-state index contributed by atoms with van der Waals surface area (Å²) in [5.74, 6) is 0. The summed E-state index contributed by atoms with van der Waals surface area (Å²) in [6.07, 6.45) is 1.07. The van der Waals surface area contributed by atoms with Gasteiger partial charge in [0.25, 0.3) is 0 Å². The zero-order valence-corrected chi connectivity index (χ0v) is 11.7. The molecule has 0 aromatic heterocycles. The van der Waals surface area contributed by atoms with Gasteiger partial charge in [0.1, 0.15) is 0 Å². The van der Waals surface area contributed by atoms with E-state index >= 15 is 0 Å². The van der Waals surface area contributed by atoms with Crippen LogP contribution in [0.3, 0.4) is 0 Å². The lowest BCUT2D eigenvalue weighted by Crippen LogP contribution is -2.37. The van der Waals surface area contributed by atoms with E-state index in [1.165, 1.54) is 0 Å². The molecule has 0 heterocycles. The Labute approximate surface area is 94.8 Å². The largest absolute Gasteiger partial charge is 0.398 e. The summed E-state index contributed by atoms with van der Waals surface area (Å²) >= 11 is 0. The Morgan fingerprint density at radius 1 is 1.07 bits per heavy atom. The second kappa shape index (κ2) is 8.24. The first-order valence-electron chi connectivity index (χ1n) is 5.37. The van der Waals surface area contributed by atoms with Crippen molar-refractivity contribution in [1.82, 2.24) is 4.90 Å². The fourth-order valence-corrected chi connectivity index (χ4v) is 2.22. The summed E-state index contributed by atoms with van der Waals surface area (Å²) in [4.78, 5) is 2.16. The van der Waals surface area contributed by atoms with Crippen molar-refractivity contribution in [2.45, 2.75) is 19.0 Å². The molecular weight excluding hydrogens is 210 g/mol. The van der Waals surface area contributed by atoms with Gasteiger partial charge in [0.15, 0.2) is 0 Å². The van der Waals surface area contributed by atoms with Gasteiger partial charge in [-0.3, -0.25) is 0 Å². The van der Waals surface area contributed by atoms with Gasteiger partial charge >= 0.3 is 8.56 Å². The summed E-state index contributed by atoms with van der Waals surface area (Å²) < 4.78 is 16.3. The molecule has 0 unspecified atom stereocenters. The van der Waals surface area contributed by atoms with Gasteiger partial charge in [-0.05, 0) is 33.6 Å². The highest BCUT2D eigenvalue weighted by atomic mass is 28.4. The van der Waals surface area contributed by atoms with Crippen LogP contribution < -0.4 is 0 Å². The van der Waals surface area contributed by atoms with Crippen LogP contribution in [0.1, 0.15) is 6.42 Å². The van der Waals surface area contributed by atoms with Gasteiger partial charge in [0.2, 0.25) is 0 Å². The van der Waals surface area contributed by atoms with Crippen LogP contribution in [0, 0.1) is 0 Å². The highest BCUT2D eigenvalue weighted by molar-refractivity contribution is 6.65. The molecule has 0 rings (SSSR count). The topological polar surface area (TPSA) is 30.9 Å². The van der Waals surface area contributed by atoms with Crippen molar-refractivity contribution in [1.29, 1.82) is 0 Å². The first-order valence-corrected chi connectivity index (χ1v) is 7.89. The normalized spacial score (nSPS) is 12.4. The quantitative estimate of drug-likeness (QED) is 0.445. The summed E-state index contributed by atoms with van der Waals surface area (Å²) in [7, 11) is 5.64. The molecule has 0 saturated heterocycles. The zero-order valence-electron chi connectivity index (χ0n) is 10.7. The van der Waals surface area contributed by atoms with E-state index in [0.717, 1.165) is 32.2 Å². The van der Waals surface area contributed by atoms with Gasteiger partial charge < -0.3 is 18.5 Å². The summed E-state index contributed by atoms with van der Waals surface area (Å²) in [6.45, 7) is 4.67. The SMILES string of the molecule is CO[Si](C)(CCOCCCN(C)C)OC. The summed E-state index contributed by atoms with van der Waals surface area (Å²) in [5.41, 5.74) is 0. The van der Waals surface area contributed by atoms with Gasteiger partial charge in [-0.1, -0.05) is 0 Å². The molecule has 15 heavy (non-hydrogen) atoms. The van der Waals surface area contributed by atoms with Crippen molar-refractivity contribution in [2.75, 3.05) is 48.1 Å². The molecule has 92 valence electrons. The lowest BCUT2D eigenvalue weighted by molar-refractivity contribution is 0.128. The van der Waals surface area contributed by atoms with Crippen LogP contribution in [-0.2, 0) is 13.6 Å². The van der Waals surface area contributed by atoms with Crippen LogP contribution in [0.4, 0.5) is 0 Å². The standard InChI is InChI=1S/C10H25NO3Si/c1-11(2)7-6-8-14-9-10-15(5,12-3)13-4/h6-10H2,1-5H3. The zero-order chi connectivity index (χ0) is 11.7. The van der Waals surface area contributed by atoms with E-state index in [-0.39, 0.29) is 0 Å². The smallest absolute Gasteiger partial charge is 0.336 e. The van der Waals surface area contributed by atoms with Crippen molar-refractivity contribution in [3.8, 4) is 0 Å². The predicted octanol–water partition coefficient (Wildman–Crippen LogP) is 1.32. The molecule has 0 aliphatic rings. The maximum atomic E-state index is 5.53. The first kappa shape index (κ1) is 15.1. The average molecular weight is 235 g/mol. The van der Waals surface area contributed by atoms with Gasteiger partial charge in [-0.2, -0.15) is 0 Å². The lowest BCUT2D eigenvalue weighted by atomic mass is 10.4. The number of hydrogen-bond acceptors (Lipinski definition) is 4. The molecule has 0 bridgehead atoms. The minimum absolute atomic E-state index is 0.734. The van der Waals surface area contributed by atoms with E-state index in [0.29, 0.717) is 0 Å². The Balaban J connectivity index is 3.37. The fourth-order valence-electron chi connectivity index (χ4n) is 1.13. The number of rotatable bonds is 9. The third-order valence-corrected chi connectivity index (χ3v) is 5.30. The van der Waals surface area contributed by atoms with Gasteiger partial charge in [0.05, 0.1) is 0 Å². The molecule has 0 aromatic rings. The number of hydrogen-bond donors (Lipinski definition) is 0. The van der Waals surface area contributed by atoms with Gasteiger partial charge in [-0.25, -0.2) is 0 Å². The van der Waals surface area contributed by atoms with Crippen LogP contribution in [-0.4, -0.2) is 61.5 Å². The maximum Gasteiger partial charge on any atom is 0.336 e. The molecule has 0 spiro atoms. The molecule has 0 atom stereocenters. The monoisotopic (exact) mass is 235 g/mol.